The van der Waals surface area contributed by atoms with Crippen LogP contribution in [0.2, 0.25) is 0 Å². The number of aromatic nitrogens is 2. The van der Waals surface area contributed by atoms with E-state index in [4.69, 9.17) is 4.74 Å². The third kappa shape index (κ3) is 4.22. The van der Waals surface area contributed by atoms with Gasteiger partial charge in [-0.1, -0.05) is 6.07 Å². The van der Waals surface area contributed by atoms with Crippen LogP contribution in [0.3, 0.4) is 0 Å². The first-order valence-electron chi connectivity index (χ1n) is 9.17. The van der Waals surface area contributed by atoms with E-state index in [-0.39, 0.29) is 17.9 Å². The molecule has 0 saturated carbocycles. The van der Waals surface area contributed by atoms with Gasteiger partial charge < -0.3 is 15.4 Å². The predicted molar refractivity (Wildman–Crippen MR) is 98.2 cm³/mol. The van der Waals surface area contributed by atoms with Crippen LogP contribution >= 0.6 is 0 Å². The highest BCUT2D eigenvalue weighted by molar-refractivity contribution is 5.94. The number of ether oxygens (including phenoxy) is 1. The van der Waals surface area contributed by atoms with E-state index < -0.39 is 0 Å². The molecule has 140 valence electrons. The average Bonchev–Trinajstić information content (AvgIpc) is 3.24. The summed E-state index contributed by atoms with van der Waals surface area (Å²) in [6.07, 6.45) is 5.05. The van der Waals surface area contributed by atoms with E-state index in [1.54, 1.807) is 0 Å². The number of amides is 2. The predicted octanol–water partition coefficient (Wildman–Crippen LogP) is 1.76. The van der Waals surface area contributed by atoms with Crippen molar-refractivity contribution >= 4 is 17.5 Å². The largest absolute Gasteiger partial charge is 0.376 e. The lowest BCUT2D eigenvalue weighted by molar-refractivity contribution is -0.121. The van der Waals surface area contributed by atoms with Gasteiger partial charge in [0.15, 0.2) is 0 Å². The minimum Gasteiger partial charge on any atom is -0.376 e. The lowest BCUT2D eigenvalue weighted by Crippen LogP contribution is -2.32. The Balaban J connectivity index is 1.45. The summed E-state index contributed by atoms with van der Waals surface area (Å²) in [5.74, 6) is -0.170. The van der Waals surface area contributed by atoms with Crippen LogP contribution in [0.5, 0.6) is 0 Å². The molecule has 0 aliphatic carbocycles. The summed E-state index contributed by atoms with van der Waals surface area (Å²) < 4.78 is 7.29. The monoisotopic (exact) mass is 358 g/mol. The number of rotatable bonds is 7. The van der Waals surface area contributed by atoms with Gasteiger partial charge in [0.1, 0.15) is 11.3 Å². The molecule has 3 rings (SSSR count). The van der Waals surface area contributed by atoms with Crippen molar-refractivity contribution in [1.29, 1.82) is 0 Å². The molecule has 2 N–H and O–H groups in total. The van der Waals surface area contributed by atoms with E-state index >= 15 is 0 Å². The van der Waals surface area contributed by atoms with Gasteiger partial charge >= 0.3 is 0 Å². The molecule has 2 amide bonds. The number of carbonyl (C=O) groups excluding carboxylic acids is 2. The molecular weight excluding hydrogens is 332 g/mol. The molecule has 1 aliphatic rings. The number of hydrogen-bond donors (Lipinski definition) is 2. The second-order valence-electron chi connectivity index (χ2n) is 6.73. The molecule has 1 fully saturated rings. The molecule has 0 aromatic carbocycles. The third-order valence-electron chi connectivity index (χ3n) is 4.65. The molecule has 1 unspecified atom stereocenters. The van der Waals surface area contributed by atoms with Crippen LogP contribution in [0.15, 0.2) is 18.3 Å². The van der Waals surface area contributed by atoms with Gasteiger partial charge in [0.2, 0.25) is 5.91 Å². The Morgan fingerprint density at radius 2 is 2.19 bits per heavy atom. The van der Waals surface area contributed by atoms with Crippen molar-refractivity contribution in [3.8, 4) is 0 Å². The molecule has 7 heteroatoms. The van der Waals surface area contributed by atoms with E-state index in [0.29, 0.717) is 37.3 Å². The SMILES string of the molecule is Cc1nc2c(C)cccn2c1C(=O)NCCCC(=O)NCC1CCCO1. The first kappa shape index (κ1) is 18.4. The number of hydrogen-bond acceptors (Lipinski definition) is 4. The van der Waals surface area contributed by atoms with Gasteiger partial charge in [-0.25, -0.2) is 4.98 Å². The molecule has 2 aromatic heterocycles. The van der Waals surface area contributed by atoms with Crippen LogP contribution in [0.4, 0.5) is 0 Å². The maximum atomic E-state index is 12.5. The van der Waals surface area contributed by atoms with Gasteiger partial charge in [-0.15, -0.1) is 0 Å². The van der Waals surface area contributed by atoms with Gasteiger partial charge in [0, 0.05) is 32.3 Å². The smallest absolute Gasteiger partial charge is 0.270 e. The lowest BCUT2D eigenvalue weighted by Gasteiger charge is -2.11. The summed E-state index contributed by atoms with van der Waals surface area (Å²) in [6, 6.07) is 3.87. The maximum absolute atomic E-state index is 12.5. The summed E-state index contributed by atoms with van der Waals surface area (Å²) in [7, 11) is 0. The number of carbonyl (C=O) groups is 2. The van der Waals surface area contributed by atoms with Crippen LogP contribution in [0.1, 0.15) is 47.4 Å². The number of nitrogens with zero attached hydrogens (tertiary/aromatic N) is 2. The standard InChI is InChI=1S/C19H26N4O3/c1-13-6-4-10-23-17(14(2)22-18(13)23)19(25)20-9-3-8-16(24)21-12-15-7-5-11-26-15/h4,6,10,15H,3,5,7-9,11-12H2,1-2H3,(H,20,25)(H,21,24). The van der Waals surface area contributed by atoms with Gasteiger partial charge in [0.05, 0.1) is 11.8 Å². The Kier molecular flexibility index (Phi) is 5.88. The van der Waals surface area contributed by atoms with Crippen molar-refractivity contribution in [1.82, 2.24) is 20.0 Å². The summed E-state index contributed by atoms with van der Waals surface area (Å²) in [5, 5.41) is 5.77. The van der Waals surface area contributed by atoms with Crippen LogP contribution in [0, 0.1) is 13.8 Å². The summed E-state index contributed by atoms with van der Waals surface area (Å²) in [6.45, 7) is 5.61. The van der Waals surface area contributed by atoms with Crippen LogP contribution in [-0.4, -0.2) is 47.0 Å². The minimum atomic E-state index is -0.166. The first-order valence-corrected chi connectivity index (χ1v) is 9.17. The van der Waals surface area contributed by atoms with Crippen LogP contribution < -0.4 is 10.6 Å². The van der Waals surface area contributed by atoms with Crippen LogP contribution in [-0.2, 0) is 9.53 Å². The van der Waals surface area contributed by atoms with E-state index in [9.17, 15) is 9.59 Å². The van der Waals surface area contributed by atoms with Gasteiger partial charge in [-0.3, -0.25) is 14.0 Å². The summed E-state index contributed by atoms with van der Waals surface area (Å²) in [4.78, 5) is 28.8. The van der Waals surface area contributed by atoms with Crippen molar-refractivity contribution in [3.63, 3.8) is 0 Å². The fourth-order valence-corrected chi connectivity index (χ4v) is 3.25. The normalized spacial score (nSPS) is 16.8. The molecule has 0 spiro atoms. The van der Waals surface area contributed by atoms with Crippen molar-refractivity contribution in [2.24, 2.45) is 0 Å². The van der Waals surface area contributed by atoms with Gasteiger partial charge in [-0.2, -0.15) is 0 Å². The van der Waals surface area contributed by atoms with Gasteiger partial charge in [0.25, 0.3) is 5.91 Å². The molecule has 2 aromatic rings. The summed E-state index contributed by atoms with van der Waals surface area (Å²) in [5.41, 5.74) is 3.07. The zero-order valence-corrected chi connectivity index (χ0v) is 15.4. The van der Waals surface area contributed by atoms with Crippen LogP contribution in [0.25, 0.3) is 5.65 Å². The van der Waals surface area contributed by atoms with Gasteiger partial charge in [-0.05, 0) is 44.7 Å². The third-order valence-corrected chi connectivity index (χ3v) is 4.65. The Labute approximate surface area is 153 Å². The molecule has 0 radical (unpaired) electrons. The number of aryl methyl sites for hydroxylation is 2. The number of fused-ring (bicyclic) bond motifs is 1. The fraction of sp³-hybridized carbons (Fsp3) is 0.526. The topological polar surface area (TPSA) is 84.7 Å². The quantitative estimate of drug-likeness (QED) is 0.739. The molecule has 0 bridgehead atoms. The lowest BCUT2D eigenvalue weighted by atomic mass is 10.2. The Morgan fingerprint density at radius 1 is 1.35 bits per heavy atom. The second kappa shape index (κ2) is 8.31. The van der Waals surface area contributed by atoms with E-state index in [0.717, 1.165) is 30.7 Å². The summed E-state index contributed by atoms with van der Waals surface area (Å²) >= 11 is 0. The van der Waals surface area contributed by atoms with E-state index in [2.05, 4.69) is 15.6 Å². The van der Waals surface area contributed by atoms with Crippen molar-refractivity contribution in [2.45, 2.75) is 45.6 Å². The Bertz CT molecular complexity index is 793. The van der Waals surface area contributed by atoms with E-state index in [1.807, 2.05) is 36.6 Å². The highest BCUT2D eigenvalue weighted by Crippen LogP contribution is 2.15. The fourth-order valence-electron chi connectivity index (χ4n) is 3.25. The van der Waals surface area contributed by atoms with Crippen molar-refractivity contribution < 1.29 is 14.3 Å². The van der Waals surface area contributed by atoms with Crippen molar-refractivity contribution in [2.75, 3.05) is 19.7 Å². The molecule has 1 saturated heterocycles. The second-order valence-corrected chi connectivity index (χ2v) is 6.73. The Morgan fingerprint density at radius 3 is 2.96 bits per heavy atom. The molecule has 3 heterocycles. The zero-order valence-electron chi connectivity index (χ0n) is 15.4. The number of imidazole rings is 1. The highest BCUT2D eigenvalue weighted by atomic mass is 16.5. The highest BCUT2D eigenvalue weighted by Gasteiger charge is 2.18. The first-order chi connectivity index (χ1) is 12.6. The number of pyridine rings is 1. The van der Waals surface area contributed by atoms with E-state index in [1.165, 1.54) is 0 Å². The molecule has 1 aliphatic heterocycles. The molecule has 26 heavy (non-hydrogen) atoms. The van der Waals surface area contributed by atoms with Crippen molar-refractivity contribution in [3.05, 3.63) is 35.3 Å². The molecular formula is C19H26N4O3. The molecule has 7 nitrogen and oxygen atoms in total. The zero-order chi connectivity index (χ0) is 18.5. The number of nitrogens with one attached hydrogen (secondary N) is 2. The Hall–Kier alpha value is -2.41. The minimum absolute atomic E-state index is 0.00337. The maximum Gasteiger partial charge on any atom is 0.270 e. The molecule has 1 atom stereocenters. The average molecular weight is 358 g/mol.